The van der Waals surface area contributed by atoms with Gasteiger partial charge in [0.25, 0.3) is 0 Å². The second kappa shape index (κ2) is 6.95. The summed E-state index contributed by atoms with van der Waals surface area (Å²) in [7, 11) is 2.03. The van der Waals surface area contributed by atoms with Crippen molar-refractivity contribution in [3.63, 3.8) is 0 Å². The number of hydrogen-bond acceptors (Lipinski definition) is 2. The molecule has 1 N–H and O–H groups in total. The molecule has 1 atom stereocenters. The lowest BCUT2D eigenvalue weighted by Gasteiger charge is -2.39. The van der Waals surface area contributed by atoms with E-state index in [-0.39, 0.29) is 0 Å². The van der Waals surface area contributed by atoms with Gasteiger partial charge in [-0.25, -0.2) is 0 Å². The molecule has 0 saturated carbocycles. The molecule has 1 aliphatic rings. The van der Waals surface area contributed by atoms with Crippen molar-refractivity contribution in [1.82, 2.24) is 5.32 Å². The summed E-state index contributed by atoms with van der Waals surface area (Å²) in [5.41, 5.74) is 4.27. The minimum atomic E-state index is 0.747. The Morgan fingerprint density at radius 1 is 1.32 bits per heavy atom. The predicted octanol–water partition coefficient (Wildman–Crippen LogP) is 3.87. The van der Waals surface area contributed by atoms with Gasteiger partial charge in [-0.1, -0.05) is 31.0 Å². The molecule has 0 spiro atoms. The normalized spacial score (nSPS) is 19.7. The first-order chi connectivity index (χ1) is 9.26. The lowest BCUT2D eigenvalue weighted by atomic mass is 9.96. The molecule has 1 aromatic rings. The van der Waals surface area contributed by atoms with Gasteiger partial charge in [-0.05, 0) is 51.3 Å². The maximum absolute atomic E-state index is 3.31. The van der Waals surface area contributed by atoms with Crippen LogP contribution in [-0.4, -0.2) is 19.6 Å². The van der Waals surface area contributed by atoms with Gasteiger partial charge in [-0.15, -0.1) is 0 Å². The smallest absolute Gasteiger partial charge is 0.0414 e. The number of piperidine rings is 1. The van der Waals surface area contributed by atoms with Crippen molar-refractivity contribution in [2.45, 2.75) is 58.5 Å². The van der Waals surface area contributed by atoms with Crippen molar-refractivity contribution in [2.75, 3.05) is 18.5 Å². The highest BCUT2D eigenvalue weighted by Crippen LogP contribution is 2.30. The Balaban J connectivity index is 2.27. The molecule has 1 heterocycles. The third-order valence-corrected chi connectivity index (χ3v) is 4.16. The van der Waals surface area contributed by atoms with Crippen molar-refractivity contribution in [2.24, 2.45) is 0 Å². The van der Waals surface area contributed by atoms with Crippen LogP contribution in [0.25, 0.3) is 0 Å². The van der Waals surface area contributed by atoms with Crippen molar-refractivity contribution < 1.29 is 0 Å². The number of anilines is 1. The average molecular weight is 260 g/mol. The number of benzene rings is 1. The van der Waals surface area contributed by atoms with Crippen LogP contribution in [0.15, 0.2) is 18.2 Å². The fourth-order valence-electron chi connectivity index (χ4n) is 3.28. The third kappa shape index (κ3) is 3.50. The molecule has 106 valence electrons. The van der Waals surface area contributed by atoms with E-state index in [9.17, 15) is 0 Å². The first-order valence-corrected chi connectivity index (χ1v) is 7.77. The number of hydrogen-bond donors (Lipinski definition) is 1. The minimum Gasteiger partial charge on any atom is -0.368 e. The standard InChI is InChI=1S/C17H28N2/c1-4-7-16-8-5-6-11-19(16)17-10-9-14(2)12-15(17)13-18-3/h9-10,12,16,18H,4-8,11,13H2,1-3H3. The molecular formula is C17H28N2. The molecule has 1 aromatic carbocycles. The van der Waals surface area contributed by atoms with Crippen LogP contribution < -0.4 is 10.2 Å². The average Bonchev–Trinajstić information content (AvgIpc) is 2.41. The topological polar surface area (TPSA) is 15.3 Å². The first-order valence-electron chi connectivity index (χ1n) is 7.77. The summed E-state index contributed by atoms with van der Waals surface area (Å²) < 4.78 is 0. The van der Waals surface area contributed by atoms with E-state index in [0.29, 0.717) is 0 Å². The SMILES string of the molecule is CCCC1CCCCN1c1ccc(C)cc1CNC. The lowest BCUT2D eigenvalue weighted by Crippen LogP contribution is -2.40. The largest absolute Gasteiger partial charge is 0.368 e. The van der Waals surface area contributed by atoms with Crippen molar-refractivity contribution in [1.29, 1.82) is 0 Å². The summed E-state index contributed by atoms with van der Waals surface area (Å²) in [5.74, 6) is 0. The molecule has 0 aromatic heterocycles. The van der Waals surface area contributed by atoms with Gasteiger partial charge in [0, 0.05) is 24.8 Å². The number of nitrogens with zero attached hydrogens (tertiary/aromatic N) is 1. The molecule has 1 aliphatic heterocycles. The highest BCUT2D eigenvalue weighted by Gasteiger charge is 2.23. The van der Waals surface area contributed by atoms with E-state index in [2.05, 4.69) is 42.3 Å². The van der Waals surface area contributed by atoms with Gasteiger partial charge in [-0.2, -0.15) is 0 Å². The quantitative estimate of drug-likeness (QED) is 0.864. The van der Waals surface area contributed by atoms with Crippen molar-refractivity contribution >= 4 is 5.69 Å². The molecule has 2 nitrogen and oxygen atoms in total. The van der Waals surface area contributed by atoms with Gasteiger partial charge in [0.05, 0.1) is 0 Å². The molecule has 2 rings (SSSR count). The van der Waals surface area contributed by atoms with Crippen LogP contribution >= 0.6 is 0 Å². The number of rotatable bonds is 5. The van der Waals surface area contributed by atoms with Crippen LogP contribution in [0.1, 0.15) is 50.2 Å². The minimum absolute atomic E-state index is 0.747. The number of aryl methyl sites for hydroxylation is 1. The molecule has 0 aliphatic carbocycles. The van der Waals surface area contributed by atoms with Crippen LogP contribution in [0.4, 0.5) is 5.69 Å². The zero-order chi connectivity index (χ0) is 13.7. The molecule has 19 heavy (non-hydrogen) atoms. The highest BCUT2D eigenvalue weighted by atomic mass is 15.2. The molecule has 0 radical (unpaired) electrons. The van der Waals surface area contributed by atoms with Crippen LogP contribution in [-0.2, 0) is 6.54 Å². The summed E-state index contributed by atoms with van der Waals surface area (Å²) in [6.45, 7) is 6.68. The van der Waals surface area contributed by atoms with E-state index in [1.54, 1.807) is 0 Å². The van der Waals surface area contributed by atoms with E-state index < -0.39 is 0 Å². The van der Waals surface area contributed by atoms with Crippen LogP contribution in [0.3, 0.4) is 0 Å². The Hall–Kier alpha value is -1.02. The molecule has 0 bridgehead atoms. The summed E-state index contributed by atoms with van der Waals surface area (Å²) in [6, 6.07) is 7.67. The summed E-state index contributed by atoms with van der Waals surface area (Å²) in [5, 5.41) is 3.31. The second-order valence-corrected chi connectivity index (χ2v) is 5.79. The van der Waals surface area contributed by atoms with Gasteiger partial charge in [0.2, 0.25) is 0 Å². The fourth-order valence-corrected chi connectivity index (χ4v) is 3.28. The third-order valence-electron chi connectivity index (χ3n) is 4.16. The molecule has 2 heteroatoms. The Morgan fingerprint density at radius 3 is 2.89 bits per heavy atom. The van der Waals surface area contributed by atoms with Gasteiger partial charge < -0.3 is 10.2 Å². The van der Waals surface area contributed by atoms with E-state index in [4.69, 9.17) is 0 Å². The predicted molar refractivity (Wildman–Crippen MR) is 83.8 cm³/mol. The Labute approximate surface area is 118 Å². The van der Waals surface area contributed by atoms with Crippen molar-refractivity contribution in [3.8, 4) is 0 Å². The molecular weight excluding hydrogens is 232 g/mol. The van der Waals surface area contributed by atoms with E-state index in [1.165, 1.54) is 55.5 Å². The Bertz CT molecular complexity index is 398. The summed E-state index contributed by atoms with van der Waals surface area (Å²) in [6.07, 6.45) is 6.71. The van der Waals surface area contributed by atoms with Crippen LogP contribution in [0.5, 0.6) is 0 Å². The highest BCUT2D eigenvalue weighted by molar-refractivity contribution is 5.56. The molecule has 1 fully saturated rings. The molecule has 1 unspecified atom stereocenters. The summed E-state index contributed by atoms with van der Waals surface area (Å²) in [4.78, 5) is 2.67. The van der Waals surface area contributed by atoms with E-state index in [0.717, 1.165) is 12.6 Å². The van der Waals surface area contributed by atoms with Gasteiger partial charge in [0.1, 0.15) is 0 Å². The van der Waals surface area contributed by atoms with Crippen LogP contribution in [0.2, 0.25) is 0 Å². The molecule has 1 saturated heterocycles. The van der Waals surface area contributed by atoms with E-state index >= 15 is 0 Å². The maximum atomic E-state index is 3.31. The zero-order valence-corrected chi connectivity index (χ0v) is 12.7. The number of nitrogens with one attached hydrogen (secondary N) is 1. The Kier molecular flexibility index (Phi) is 5.26. The first kappa shape index (κ1) is 14.4. The second-order valence-electron chi connectivity index (χ2n) is 5.79. The van der Waals surface area contributed by atoms with Crippen LogP contribution in [0, 0.1) is 6.92 Å². The monoisotopic (exact) mass is 260 g/mol. The lowest BCUT2D eigenvalue weighted by molar-refractivity contribution is 0.433. The zero-order valence-electron chi connectivity index (χ0n) is 12.7. The summed E-state index contributed by atoms with van der Waals surface area (Å²) >= 11 is 0. The van der Waals surface area contributed by atoms with Gasteiger partial charge in [0.15, 0.2) is 0 Å². The van der Waals surface area contributed by atoms with Crippen molar-refractivity contribution in [3.05, 3.63) is 29.3 Å². The Morgan fingerprint density at radius 2 is 2.16 bits per heavy atom. The van der Waals surface area contributed by atoms with Gasteiger partial charge in [-0.3, -0.25) is 0 Å². The van der Waals surface area contributed by atoms with Gasteiger partial charge >= 0.3 is 0 Å². The van der Waals surface area contributed by atoms with E-state index in [1.807, 2.05) is 7.05 Å². The fraction of sp³-hybridized carbons (Fsp3) is 0.647. The molecule has 0 amide bonds. The maximum Gasteiger partial charge on any atom is 0.0414 e.